The van der Waals surface area contributed by atoms with Gasteiger partial charge in [0, 0.05) is 5.69 Å². The number of aromatic amines is 1. The van der Waals surface area contributed by atoms with Gasteiger partial charge in [-0.25, -0.2) is 14.2 Å². The third kappa shape index (κ3) is 5.34. The van der Waals surface area contributed by atoms with Gasteiger partial charge in [0.2, 0.25) is 5.91 Å². The highest BCUT2D eigenvalue weighted by Crippen LogP contribution is 2.21. The highest BCUT2D eigenvalue weighted by molar-refractivity contribution is 7.99. The van der Waals surface area contributed by atoms with E-state index in [0.717, 1.165) is 17.3 Å². The van der Waals surface area contributed by atoms with Gasteiger partial charge in [0.15, 0.2) is 5.16 Å². The Hall–Kier alpha value is -3.33. The molecule has 144 valence electrons. The molecule has 3 rings (SSSR count). The number of halogens is 1. The summed E-state index contributed by atoms with van der Waals surface area (Å²) in [6.45, 7) is 0. The van der Waals surface area contributed by atoms with Gasteiger partial charge < -0.3 is 15.0 Å². The van der Waals surface area contributed by atoms with Crippen LogP contribution in [0.4, 0.5) is 14.9 Å². The van der Waals surface area contributed by atoms with Crippen molar-refractivity contribution >= 4 is 29.4 Å². The number of methoxy groups -OCH3 is 1. The Morgan fingerprint density at radius 1 is 1.14 bits per heavy atom. The van der Waals surface area contributed by atoms with Crippen LogP contribution in [0, 0.1) is 5.82 Å². The lowest BCUT2D eigenvalue weighted by atomic mass is 10.2. The number of carbonyl (C=O) groups excluding carboxylic acids is 2. The maximum Gasteiger partial charge on any atom is 0.325 e. The Bertz CT molecular complexity index is 958. The van der Waals surface area contributed by atoms with Crippen molar-refractivity contribution in [2.75, 3.05) is 18.2 Å². The number of urea groups is 1. The number of aromatic nitrogens is 2. The molecule has 28 heavy (non-hydrogen) atoms. The number of anilines is 1. The third-order valence-electron chi connectivity index (χ3n) is 3.65. The second kappa shape index (κ2) is 9.05. The zero-order chi connectivity index (χ0) is 19.9. The Kier molecular flexibility index (Phi) is 6.28. The minimum absolute atomic E-state index is 0.00635. The predicted octanol–water partition coefficient (Wildman–Crippen LogP) is 3.66. The van der Waals surface area contributed by atoms with Crippen LogP contribution < -0.4 is 15.4 Å². The first kappa shape index (κ1) is 19.4. The average molecular weight is 400 g/mol. The lowest BCUT2D eigenvalue weighted by molar-refractivity contribution is -0.117. The van der Waals surface area contributed by atoms with Gasteiger partial charge >= 0.3 is 6.03 Å². The van der Waals surface area contributed by atoms with Crippen molar-refractivity contribution < 1.29 is 18.7 Å². The quantitative estimate of drug-likeness (QED) is 0.549. The van der Waals surface area contributed by atoms with Gasteiger partial charge in [-0.2, -0.15) is 0 Å². The number of benzene rings is 2. The smallest absolute Gasteiger partial charge is 0.325 e. The SMILES string of the molecule is COc1ccc(NC(=O)NC(=O)CSc2ncc(-c3ccc(F)cc3)[nH]2)cc1. The third-order valence-corrected chi connectivity index (χ3v) is 4.54. The number of hydrogen-bond donors (Lipinski definition) is 3. The van der Waals surface area contributed by atoms with E-state index in [1.807, 2.05) is 0 Å². The fraction of sp³-hybridized carbons (Fsp3) is 0.105. The van der Waals surface area contributed by atoms with Gasteiger partial charge in [0.05, 0.1) is 24.8 Å². The summed E-state index contributed by atoms with van der Waals surface area (Å²) >= 11 is 1.15. The highest BCUT2D eigenvalue weighted by atomic mass is 32.2. The summed E-state index contributed by atoms with van der Waals surface area (Å²) in [5.41, 5.74) is 2.03. The summed E-state index contributed by atoms with van der Waals surface area (Å²) in [6, 6.07) is 12.1. The normalized spacial score (nSPS) is 10.4. The van der Waals surface area contributed by atoms with Gasteiger partial charge in [-0.15, -0.1) is 0 Å². The molecule has 3 aromatic rings. The molecule has 0 radical (unpaired) electrons. The summed E-state index contributed by atoms with van der Waals surface area (Å²) in [7, 11) is 1.55. The van der Waals surface area contributed by atoms with E-state index in [4.69, 9.17) is 4.74 Å². The number of rotatable bonds is 6. The van der Waals surface area contributed by atoms with Crippen LogP contribution in [-0.4, -0.2) is 34.8 Å². The van der Waals surface area contributed by atoms with Crippen molar-refractivity contribution in [3.8, 4) is 17.0 Å². The number of nitrogens with zero attached hydrogens (tertiary/aromatic N) is 1. The van der Waals surface area contributed by atoms with E-state index in [1.54, 1.807) is 49.7 Å². The van der Waals surface area contributed by atoms with E-state index in [2.05, 4.69) is 20.6 Å². The summed E-state index contributed by atoms with van der Waals surface area (Å²) < 4.78 is 18.0. The number of thioether (sulfide) groups is 1. The van der Waals surface area contributed by atoms with Crippen molar-refractivity contribution in [1.82, 2.24) is 15.3 Å². The predicted molar refractivity (Wildman–Crippen MR) is 105 cm³/mol. The second-order valence-corrected chi connectivity index (χ2v) is 6.59. The molecule has 3 amide bonds. The molecule has 0 aliphatic carbocycles. The average Bonchev–Trinajstić information content (AvgIpc) is 3.16. The molecule has 0 aliphatic rings. The number of amides is 3. The molecule has 0 atom stereocenters. The van der Waals surface area contributed by atoms with Crippen molar-refractivity contribution in [1.29, 1.82) is 0 Å². The van der Waals surface area contributed by atoms with Crippen LogP contribution in [0.15, 0.2) is 59.9 Å². The molecule has 0 fully saturated rings. The fourth-order valence-electron chi connectivity index (χ4n) is 2.29. The molecule has 0 saturated heterocycles. The van der Waals surface area contributed by atoms with Gasteiger partial charge in [0.1, 0.15) is 11.6 Å². The van der Waals surface area contributed by atoms with Crippen molar-refractivity contribution in [2.45, 2.75) is 5.16 Å². The Morgan fingerprint density at radius 2 is 1.86 bits per heavy atom. The largest absolute Gasteiger partial charge is 0.497 e. The van der Waals surface area contributed by atoms with Crippen LogP contribution in [0.3, 0.4) is 0 Å². The minimum atomic E-state index is -0.623. The van der Waals surface area contributed by atoms with Gasteiger partial charge in [-0.05, 0) is 54.1 Å². The number of carbonyl (C=O) groups is 2. The molecule has 1 aromatic heterocycles. The topological polar surface area (TPSA) is 96.1 Å². The molecule has 0 unspecified atom stereocenters. The zero-order valence-electron chi connectivity index (χ0n) is 14.9. The maximum absolute atomic E-state index is 13.0. The van der Waals surface area contributed by atoms with E-state index in [1.165, 1.54) is 12.1 Å². The first-order chi connectivity index (χ1) is 13.5. The van der Waals surface area contributed by atoms with E-state index in [9.17, 15) is 14.0 Å². The molecule has 0 saturated carbocycles. The van der Waals surface area contributed by atoms with Crippen molar-refractivity contribution in [3.63, 3.8) is 0 Å². The molecule has 1 heterocycles. The monoisotopic (exact) mass is 400 g/mol. The minimum Gasteiger partial charge on any atom is -0.497 e. The Morgan fingerprint density at radius 3 is 2.54 bits per heavy atom. The van der Waals surface area contributed by atoms with Crippen molar-refractivity contribution in [2.24, 2.45) is 0 Å². The van der Waals surface area contributed by atoms with Gasteiger partial charge in [-0.1, -0.05) is 11.8 Å². The summed E-state index contributed by atoms with van der Waals surface area (Å²) in [4.78, 5) is 31.0. The number of ether oxygens (including phenoxy) is 1. The van der Waals surface area contributed by atoms with E-state index >= 15 is 0 Å². The van der Waals surface area contributed by atoms with Crippen LogP contribution in [-0.2, 0) is 4.79 Å². The van der Waals surface area contributed by atoms with Crippen molar-refractivity contribution in [3.05, 3.63) is 60.5 Å². The molecule has 2 aromatic carbocycles. The molecule has 0 spiro atoms. The first-order valence-corrected chi connectivity index (χ1v) is 9.20. The number of hydrogen-bond acceptors (Lipinski definition) is 5. The van der Waals surface area contributed by atoms with Gasteiger partial charge in [-0.3, -0.25) is 10.1 Å². The Labute approximate surface area is 164 Å². The molecule has 7 nitrogen and oxygen atoms in total. The summed E-state index contributed by atoms with van der Waals surface area (Å²) in [5.74, 6) is -0.109. The van der Waals surface area contributed by atoms with E-state index in [-0.39, 0.29) is 11.6 Å². The van der Waals surface area contributed by atoms with Crippen LogP contribution in [0.25, 0.3) is 11.3 Å². The lowest BCUT2D eigenvalue weighted by Gasteiger charge is -2.07. The molecule has 3 N–H and O–H groups in total. The lowest BCUT2D eigenvalue weighted by Crippen LogP contribution is -2.35. The standard InChI is InChI=1S/C19H17FN4O3S/c1-27-15-8-6-14(7-9-15)22-18(26)24-17(25)11-28-19-21-10-16(23-19)12-2-4-13(20)5-3-12/h2-10H,11H2,1H3,(H,21,23)(H2,22,24,25,26). The molecule has 0 bridgehead atoms. The number of imidazole rings is 1. The second-order valence-electron chi connectivity index (χ2n) is 5.63. The van der Waals surface area contributed by atoms with Crippen LogP contribution >= 0.6 is 11.8 Å². The Balaban J connectivity index is 1.47. The molecule has 0 aliphatic heterocycles. The van der Waals surface area contributed by atoms with Crippen LogP contribution in [0.2, 0.25) is 0 Å². The summed E-state index contributed by atoms with van der Waals surface area (Å²) in [6.07, 6.45) is 1.60. The number of H-pyrrole nitrogens is 1. The zero-order valence-corrected chi connectivity index (χ0v) is 15.7. The summed E-state index contributed by atoms with van der Waals surface area (Å²) in [5, 5.41) is 5.33. The fourth-order valence-corrected chi connectivity index (χ4v) is 2.94. The number of nitrogens with one attached hydrogen (secondary N) is 3. The molecular weight excluding hydrogens is 383 g/mol. The van der Waals surface area contributed by atoms with Crippen LogP contribution in [0.5, 0.6) is 5.75 Å². The molecular formula is C19H17FN4O3S. The molecule has 9 heteroatoms. The van der Waals surface area contributed by atoms with E-state index in [0.29, 0.717) is 22.3 Å². The van der Waals surface area contributed by atoms with E-state index < -0.39 is 11.9 Å². The van der Waals surface area contributed by atoms with Crippen LogP contribution in [0.1, 0.15) is 0 Å². The first-order valence-electron chi connectivity index (χ1n) is 8.22. The van der Waals surface area contributed by atoms with Gasteiger partial charge in [0.25, 0.3) is 0 Å². The highest BCUT2D eigenvalue weighted by Gasteiger charge is 2.11. The number of imide groups is 1. The maximum atomic E-state index is 13.0.